The number of benzene rings is 1. The van der Waals surface area contributed by atoms with Gasteiger partial charge in [-0.05, 0) is 79.4 Å². The molecule has 3 heterocycles. The summed E-state index contributed by atoms with van der Waals surface area (Å²) in [7, 11) is 1.60. The van der Waals surface area contributed by atoms with E-state index in [1.807, 2.05) is 65.8 Å². The lowest BCUT2D eigenvalue weighted by Crippen LogP contribution is -2.57. The van der Waals surface area contributed by atoms with Gasteiger partial charge < -0.3 is 29.2 Å². The van der Waals surface area contributed by atoms with Crippen molar-refractivity contribution in [1.82, 2.24) is 20.2 Å². The van der Waals surface area contributed by atoms with Crippen LogP contribution in [0.5, 0.6) is 11.6 Å². The second-order valence-corrected chi connectivity index (χ2v) is 15.5. The van der Waals surface area contributed by atoms with Crippen molar-refractivity contribution >= 4 is 35.1 Å². The van der Waals surface area contributed by atoms with E-state index in [1.165, 1.54) is 11.3 Å². The standard InChI is InChI=1S/C37H50N4O7/c1-20(2)19-46-35(43)31-21(3)30-18-41(31)34(42)32(37(4,5)6)40-36(44)48-29-16-22-15-25(22)24(29)11-9-8-10-12-27-33(47-30)39-28-17-23(45-7)13-14-26(28)38-27/h10,12-14,17,20-22,24-25,29-32H,8-9,11,15-16,18-19H2,1-7H3,(H,40,44)/b12-10+/t21-,22?,24-,25+,29-,30+,31+,32-/m1/s1. The Hall–Kier alpha value is -3.89. The second kappa shape index (κ2) is 13.6. The van der Waals surface area contributed by atoms with Gasteiger partial charge in [0.05, 0.1) is 31.3 Å². The molecule has 1 saturated heterocycles. The van der Waals surface area contributed by atoms with E-state index >= 15 is 0 Å². The molecule has 2 saturated carbocycles. The number of esters is 1. The topological polar surface area (TPSA) is 129 Å². The SMILES string of the molecule is COc1ccc2nc3c(nc2c1)O[C@H]1CN(C(=O)[C@H](C(C)(C)C)NC(=O)O[C@@H]2CC4C[C@@H]4[C@H]2CCC/C=C/3)[C@H](C(=O)OCC(C)C)[C@@H]1C. The maximum atomic E-state index is 14.5. The van der Waals surface area contributed by atoms with Crippen molar-refractivity contribution in [3.05, 3.63) is 30.0 Å². The largest absolute Gasteiger partial charge is 0.497 e. The van der Waals surface area contributed by atoms with E-state index in [2.05, 4.69) is 11.4 Å². The number of nitrogens with one attached hydrogen (secondary N) is 1. The van der Waals surface area contributed by atoms with Crippen LogP contribution in [0.4, 0.5) is 4.79 Å². The molecule has 8 atom stereocenters. The number of nitrogens with zero attached hydrogens (tertiary/aromatic N) is 3. The monoisotopic (exact) mass is 662 g/mol. The van der Waals surface area contributed by atoms with E-state index in [9.17, 15) is 14.4 Å². The summed E-state index contributed by atoms with van der Waals surface area (Å²) < 4.78 is 23.8. The molecule has 4 aliphatic rings. The first kappa shape index (κ1) is 34.0. The first-order valence-corrected chi connectivity index (χ1v) is 17.5. The Morgan fingerprint density at radius 1 is 1.08 bits per heavy atom. The van der Waals surface area contributed by atoms with Crippen molar-refractivity contribution < 1.29 is 33.3 Å². The zero-order valence-corrected chi connectivity index (χ0v) is 29.2. The van der Waals surface area contributed by atoms with Crippen LogP contribution in [-0.4, -0.2) is 77.4 Å². The molecule has 0 radical (unpaired) electrons. The molecule has 1 aromatic carbocycles. The normalized spacial score (nSPS) is 31.4. The Morgan fingerprint density at radius 2 is 1.88 bits per heavy atom. The van der Waals surface area contributed by atoms with Gasteiger partial charge in [0.25, 0.3) is 0 Å². The number of carbonyl (C=O) groups excluding carboxylic acids is 3. The van der Waals surface area contributed by atoms with Gasteiger partial charge in [-0.1, -0.05) is 47.6 Å². The van der Waals surface area contributed by atoms with Crippen molar-refractivity contribution in [3.8, 4) is 11.6 Å². The lowest BCUT2D eigenvalue weighted by molar-refractivity contribution is -0.156. The van der Waals surface area contributed by atoms with Gasteiger partial charge in [0.15, 0.2) is 0 Å². The predicted molar refractivity (Wildman–Crippen MR) is 180 cm³/mol. The third-order valence-corrected chi connectivity index (χ3v) is 10.4. The molecule has 2 aromatic rings. The second-order valence-electron chi connectivity index (χ2n) is 15.5. The smallest absolute Gasteiger partial charge is 0.408 e. The number of allylic oxidation sites excluding steroid dienone is 1. The minimum atomic E-state index is -0.948. The highest BCUT2D eigenvalue weighted by atomic mass is 16.6. The number of fused-ring (bicyclic) bond motifs is 7. The Bertz CT molecular complexity index is 1570. The summed E-state index contributed by atoms with van der Waals surface area (Å²) in [5.41, 5.74) is 1.21. The van der Waals surface area contributed by atoms with Crippen molar-refractivity contribution in [2.75, 3.05) is 20.3 Å². The molecule has 3 fully saturated rings. The van der Waals surface area contributed by atoms with Gasteiger partial charge in [-0.3, -0.25) is 4.79 Å². The van der Waals surface area contributed by atoms with E-state index in [0.717, 1.165) is 25.7 Å². The molecule has 11 nitrogen and oxygen atoms in total. The summed E-state index contributed by atoms with van der Waals surface area (Å²) in [6.07, 6.45) is 7.43. The van der Waals surface area contributed by atoms with E-state index in [0.29, 0.717) is 46.1 Å². The molecular weight excluding hydrogens is 612 g/mol. The van der Waals surface area contributed by atoms with Crippen LogP contribution in [0.1, 0.15) is 79.3 Å². The van der Waals surface area contributed by atoms with E-state index in [1.54, 1.807) is 7.11 Å². The molecule has 2 aliphatic heterocycles. The number of alkyl carbamates (subject to hydrolysis) is 1. The minimum absolute atomic E-state index is 0.0970. The fourth-order valence-electron chi connectivity index (χ4n) is 7.63. The van der Waals surface area contributed by atoms with E-state index in [-0.39, 0.29) is 31.1 Å². The number of hydrogen-bond donors (Lipinski definition) is 1. The van der Waals surface area contributed by atoms with Gasteiger partial charge in [-0.25, -0.2) is 19.6 Å². The Balaban J connectivity index is 1.39. The molecule has 1 unspecified atom stereocenters. The van der Waals surface area contributed by atoms with Crippen molar-refractivity contribution in [2.45, 2.75) is 97.9 Å². The van der Waals surface area contributed by atoms with Crippen LogP contribution >= 0.6 is 0 Å². The predicted octanol–water partition coefficient (Wildman–Crippen LogP) is 5.79. The molecule has 6 rings (SSSR count). The number of aromatic nitrogens is 2. The minimum Gasteiger partial charge on any atom is -0.497 e. The Labute approximate surface area is 283 Å². The first-order valence-electron chi connectivity index (χ1n) is 17.5. The summed E-state index contributed by atoms with van der Waals surface area (Å²) >= 11 is 0. The van der Waals surface area contributed by atoms with Gasteiger partial charge in [0.1, 0.15) is 35.7 Å². The Kier molecular flexibility index (Phi) is 9.60. The van der Waals surface area contributed by atoms with E-state index in [4.69, 9.17) is 28.9 Å². The molecule has 11 heteroatoms. The van der Waals surface area contributed by atoms with Gasteiger partial charge in [0.2, 0.25) is 11.8 Å². The molecule has 2 amide bonds. The van der Waals surface area contributed by atoms with E-state index < -0.39 is 41.6 Å². The molecule has 260 valence electrons. The van der Waals surface area contributed by atoms with Crippen molar-refractivity contribution in [2.24, 2.45) is 35.0 Å². The van der Waals surface area contributed by atoms with Crippen LogP contribution in [0.3, 0.4) is 0 Å². The lowest BCUT2D eigenvalue weighted by Gasteiger charge is -2.35. The van der Waals surface area contributed by atoms with Gasteiger partial charge in [0, 0.05) is 12.0 Å². The fraction of sp³-hybridized carbons (Fsp3) is 0.649. The van der Waals surface area contributed by atoms with Crippen LogP contribution in [0, 0.1) is 35.0 Å². The number of rotatable bonds is 4. The van der Waals surface area contributed by atoms with Crippen LogP contribution in [-0.2, 0) is 19.1 Å². The lowest BCUT2D eigenvalue weighted by atomic mass is 9.85. The maximum absolute atomic E-state index is 14.5. The number of methoxy groups -OCH3 is 1. The average molecular weight is 663 g/mol. The van der Waals surface area contributed by atoms with Gasteiger partial charge in [-0.15, -0.1) is 0 Å². The van der Waals surface area contributed by atoms with Crippen LogP contribution in [0.15, 0.2) is 24.3 Å². The molecular formula is C37H50N4O7. The fourth-order valence-corrected chi connectivity index (χ4v) is 7.63. The summed E-state index contributed by atoms with van der Waals surface area (Å²) in [4.78, 5) is 52.9. The zero-order chi connectivity index (χ0) is 34.3. The first-order chi connectivity index (χ1) is 22.8. The molecule has 0 spiro atoms. The maximum Gasteiger partial charge on any atom is 0.408 e. The molecule has 1 N–H and O–H groups in total. The Morgan fingerprint density at radius 3 is 2.60 bits per heavy atom. The number of hydrogen-bond acceptors (Lipinski definition) is 9. The molecule has 2 bridgehead atoms. The number of carbonyl (C=O) groups is 3. The quantitative estimate of drug-likeness (QED) is 0.404. The van der Waals surface area contributed by atoms with Crippen LogP contribution < -0.4 is 14.8 Å². The summed E-state index contributed by atoms with van der Waals surface area (Å²) in [6, 6.07) is 3.65. The molecule has 48 heavy (non-hydrogen) atoms. The van der Waals surface area contributed by atoms with Crippen molar-refractivity contribution in [1.29, 1.82) is 0 Å². The van der Waals surface area contributed by atoms with Gasteiger partial charge >= 0.3 is 12.1 Å². The molecule has 2 aliphatic carbocycles. The molecule has 1 aromatic heterocycles. The zero-order valence-electron chi connectivity index (χ0n) is 29.2. The van der Waals surface area contributed by atoms with Crippen molar-refractivity contribution in [3.63, 3.8) is 0 Å². The van der Waals surface area contributed by atoms with Crippen LogP contribution in [0.25, 0.3) is 17.1 Å². The van der Waals surface area contributed by atoms with Crippen LogP contribution in [0.2, 0.25) is 0 Å². The highest BCUT2D eigenvalue weighted by molar-refractivity contribution is 5.91. The third kappa shape index (κ3) is 7.10. The number of ether oxygens (including phenoxy) is 4. The highest BCUT2D eigenvalue weighted by Gasteiger charge is 2.55. The average Bonchev–Trinajstić information content (AvgIpc) is 3.60. The van der Waals surface area contributed by atoms with Gasteiger partial charge in [-0.2, -0.15) is 0 Å². The number of amides is 2. The highest BCUT2D eigenvalue weighted by Crippen LogP contribution is 2.57. The summed E-state index contributed by atoms with van der Waals surface area (Å²) in [5, 5.41) is 2.92. The summed E-state index contributed by atoms with van der Waals surface area (Å²) in [6.45, 7) is 11.8. The summed E-state index contributed by atoms with van der Waals surface area (Å²) in [5.74, 6) is 1.23. The third-order valence-electron chi connectivity index (χ3n) is 10.4.